The number of nitrogens with zero attached hydrogens (tertiary/aromatic N) is 4. The highest BCUT2D eigenvalue weighted by atomic mass is 79.9. The second-order valence-corrected chi connectivity index (χ2v) is 9.22. The summed E-state index contributed by atoms with van der Waals surface area (Å²) in [5, 5.41) is 19.6. The van der Waals surface area contributed by atoms with Crippen LogP contribution in [0.5, 0.6) is 5.75 Å². The molecule has 0 aliphatic rings. The second-order valence-electron chi connectivity index (χ2n) is 7.71. The Balaban J connectivity index is 1.76. The van der Waals surface area contributed by atoms with Crippen molar-refractivity contribution in [1.82, 2.24) is 19.1 Å². The average Bonchev–Trinajstić information content (AvgIpc) is 3.37. The molecular formula is C22H22BrN5O2S. The molecule has 0 bridgehead atoms. The molecule has 3 heterocycles. The van der Waals surface area contributed by atoms with E-state index in [9.17, 15) is 9.90 Å². The Labute approximate surface area is 192 Å². The Bertz CT molecular complexity index is 1200. The van der Waals surface area contributed by atoms with Gasteiger partial charge in [0.1, 0.15) is 5.75 Å². The fourth-order valence-corrected chi connectivity index (χ4v) is 4.35. The van der Waals surface area contributed by atoms with Crippen molar-refractivity contribution in [3.63, 3.8) is 0 Å². The molecule has 0 spiro atoms. The number of nitrogens with one attached hydrogen (secondary N) is 1. The molecule has 4 aromatic rings. The number of pyridine rings is 1. The van der Waals surface area contributed by atoms with Gasteiger partial charge in [0.05, 0.1) is 22.8 Å². The summed E-state index contributed by atoms with van der Waals surface area (Å²) in [6.45, 7) is 5.09. The van der Waals surface area contributed by atoms with Crippen LogP contribution in [0.1, 0.15) is 37.0 Å². The van der Waals surface area contributed by atoms with Crippen molar-refractivity contribution >= 4 is 50.2 Å². The van der Waals surface area contributed by atoms with Crippen molar-refractivity contribution in [2.24, 2.45) is 5.92 Å². The summed E-state index contributed by atoms with van der Waals surface area (Å²) in [6, 6.07) is 8.83. The minimum atomic E-state index is -0.249. The van der Waals surface area contributed by atoms with E-state index in [0.717, 1.165) is 34.0 Å². The number of carbonyl (C=O) groups is 1. The summed E-state index contributed by atoms with van der Waals surface area (Å²) < 4.78 is 6.63. The van der Waals surface area contributed by atoms with E-state index in [1.54, 1.807) is 23.7 Å². The van der Waals surface area contributed by atoms with E-state index in [2.05, 4.69) is 44.6 Å². The lowest BCUT2D eigenvalue weighted by molar-refractivity contribution is 0.102. The maximum absolute atomic E-state index is 12.6. The van der Waals surface area contributed by atoms with Gasteiger partial charge in [-0.3, -0.25) is 4.79 Å². The first-order chi connectivity index (χ1) is 14.9. The van der Waals surface area contributed by atoms with Crippen LogP contribution >= 0.6 is 27.5 Å². The average molecular weight is 500 g/mol. The number of fused-ring (bicyclic) bond motifs is 1. The van der Waals surface area contributed by atoms with Gasteiger partial charge in [0.2, 0.25) is 0 Å². The van der Waals surface area contributed by atoms with E-state index in [1.165, 1.54) is 11.5 Å². The van der Waals surface area contributed by atoms with Crippen molar-refractivity contribution in [2.75, 3.05) is 5.32 Å². The normalized spacial score (nSPS) is 11.4. The van der Waals surface area contributed by atoms with E-state index < -0.39 is 0 Å². The largest absolute Gasteiger partial charge is 0.508 e. The zero-order chi connectivity index (χ0) is 22.0. The molecule has 2 N–H and O–H groups in total. The smallest absolute Gasteiger partial charge is 0.259 e. The van der Waals surface area contributed by atoms with Crippen LogP contribution in [0.4, 0.5) is 5.82 Å². The van der Waals surface area contributed by atoms with Crippen molar-refractivity contribution in [3.05, 3.63) is 51.9 Å². The minimum absolute atomic E-state index is 0.201. The number of benzene rings is 1. The van der Waals surface area contributed by atoms with Crippen LogP contribution < -0.4 is 5.32 Å². The molecule has 0 saturated heterocycles. The van der Waals surface area contributed by atoms with E-state index in [4.69, 9.17) is 4.98 Å². The number of amides is 1. The van der Waals surface area contributed by atoms with Crippen LogP contribution in [-0.2, 0) is 6.54 Å². The van der Waals surface area contributed by atoms with Crippen LogP contribution in [-0.4, -0.2) is 30.2 Å². The monoisotopic (exact) mass is 499 g/mol. The zero-order valence-electron chi connectivity index (χ0n) is 17.2. The molecule has 3 aromatic heterocycles. The van der Waals surface area contributed by atoms with Gasteiger partial charge in [0.15, 0.2) is 11.5 Å². The summed E-state index contributed by atoms with van der Waals surface area (Å²) in [6.07, 6.45) is 3.58. The number of hydrogen-bond donors (Lipinski definition) is 2. The van der Waals surface area contributed by atoms with Crippen LogP contribution in [0.2, 0.25) is 0 Å². The summed E-state index contributed by atoms with van der Waals surface area (Å²) in [5.74, 6) is 1.02. The number of aromatic hydroxyl groups is 1. The number of anilines is 1. The van der Waals surface area contributed by atoms with Gasteiger partial charge < -0.3 is 10.4 Å². The van der Waals surface area contributed by atoms with Crippen LogP contribution in [0.15, 0.2) is 46.4 Å². The molecule has 1 amide bonds. The third-order valence-corrected chi connectivity index (χ3v) is 6.09. The summed E-state index contributed by atoms with van der Waals surface area (Å²) in [5.41, 5.74) is 2.82. The number of hydrogen-bond acceptors (Lipinski definition) is 6. The SMILES string of the molecule is CC(C)CCCn1nc(NC(=O)c2cnsc2)c2cc(Br)c(-c3ccc(O)cc3)nc21. The third-order valence-electron chi connectivity index (χ3n) is 4.89. The van der Waals surface area contributed by atoms with Gasteiger partial charge in [-0.15, -0.1) is 0 Å². The van der Waals surface area contributed by atoms with E-state index in [-0.39, 0.29) is 11.7 Å². The van der Waals surface area contributed by atoms with Crippen molar-refractivity contribution in [3.8, 4) is 17.0 Å². The summed E-state index contributed by atoms with van der Waals surface area (Å²) in [7, 11) is 0. The Morgan fingerprint density at radius 2 is 2.06 bits per heavy atom. The van der Waals surface area contributed by atoms with Gasteiger partial charge in [-0.25, -0.2) is 14.0 Å². The molecule has 0 aliphatic carbocycles. The molecule has 7 nitrogen and oxygen atoms in total. The lowest BCUT2D eigenvalue weighted by Crippen LogP contribution is -2.12. The maximum Gasteiger partial charge on any atom is 0.259 e. The molecule has 0 saturated carbocycles. The topological polar surface area (TPSA) is 92.9 Å². The van der Waals surface area contributed by atoms with Crippen LogP contribution in [0, 0.1) is 5.92 Å². The van der Waals surface area contributed by atoms with Crippen LogP contribution in [0.25, 0.3) is 22.3 Å². The first-order valence-electron chi connectivity index (χ1n) is 9.99. The van der Waals surface area contributed by atoms with Gasteiger partial charge in [-0.2, -0.15) is 5.10 Å². The fraction of sp³-hybridized carbons (Fsp3) is 0.273. The molecule has 0 radical (unpaired) electrons. The van der Waals surface area contributed by atoms with Crippen molar-refractivity contribution in [1.29, 1.82) is 0 Å². The first kappa shape index (κ1) is 21.5. The quantitative estimate of drug-likeness (QED) is 0.339. The third kappa shape index (κ3) is 4.77. The highest BCUT2D eigenvalue weighted by molar-refractivity contribution is 9.10. The molecule has 31 heavy (non-hydrogen) atoms. The maximum atomic E-state index is 12.6. The lowest BCUT2D eigenvalue weighted by atomic mass is 10.1. The van der Waals surface area contributed by atoms with E-state index in [1.807, 2.05) is 22.9 Å². The summed E-state index contributed by atoms with van der Waals surface area (Å²) in [4.78, 5) is 17.5. The van der Waals surface area contributed by atoms with E-state index in [0.29, 0.717) is 29.5 Å². The Hall–Kier alpha value is -2.78. The Morgan fingerprint density at radius 1 is 1.29 bits per heavy atom. The molecule has 160 valence electrons. The number of phenols is 1. The number of aryl methyl sites for hydroxylation is 1. The second kappa shape index (κ2) is 9.15. The molecular weight excluding hydrogens is 478 g/mol. The lowest BCUT2D eigenvalue weighted by Gasteiger charge is -2.08. The Morgan fingerprint density at radius 3 is 2.74 bits per heavy atom. The molecule has 0 fully saturated rings. The highest BCUT2D eigenvalue weighted by Crippen LogP contribution is 2.33. The molecule has 1 aromatic carbocycles. The van der Waals surface area contributed by atoms with Gasteiger partial charge >= 0.3 is 0 Å². The number of rotatable bonds is 7. The van der Waals surface area contributed by atoms with Crippen molar-refractivity contribution in [2.45, 2.75) is 33.2 Å². The van der Waals surface area contributed by atoms with Gasteiger partial charge in [0, 0.05) is 22.0 Å². The predicted molar refractivity (Wildman–Crippen MR) is 126 cm³/mol. The van der Waals surface area contributed by atoms with Crippen LogP contribution in [0.3, 0.4) is 0 Å². The molecule has 9 heteroatoms. The highest BCUT2D eigenvalue weighted by Gasteiger charge is 2.19. The molecule has 0 unspecified atom stereocenters. The van der Waals surface area contributed by atoms with E-state index >= 15 is 0 Å². The Kier molecular flexibility index (Phi) is 6.33. The molecule has 0 atom stereocenters. The standard InChI is InChI=1S/C22H22BrN5O2S/c1-13(2)4-3-9-28-21-17(20(27-28)26-22(30)15-11-24-31-12-15)10-18(23)19(25-21)14-5-7-16(29)8-6-14/h5-8,10-13,29H,3-4,9H2,1-2H3,(H,26,27,30). The fourth-order valence-electron chi connectivity index (χ4n) is 3.29. The number of carbonyl (C=O) groups excluding carboxylic acids is 1. The van der Waals surface area contributed by atoms with Gasteiger partial charge in [-0.1, -0.05) is 13.8 Å². The molecule has 0 aliphatic heterocycles. The zero-order valence-corrected chi connectivity index (χ0v) is 19.6. The van der Waals surface area contributed by atoms with Crippen molar-refractivity contribution < 1.29 is 9.90 Å². The number of phenolic OH excluding ortho intramolecular Hbond substituents is 1. The number of halogens is 1. The van der Waals surface area contributed by atoms with Gasteiger partial charge in [-0.05, 0) is 76.6 Å². The predicted octanol–water partition coefficient (Wildman–Crippen LogP) is 5.71. The number of aromatic nitrogens is 4. The summed E-state index contributed by atoms with van der Waals surface area (Å²) >= 11 is 4.84. The molecule has 4 rings (SSSR count). The van der Waals surface area contributed by atoms with Gasteiger partial charge in [0.25, 0.3) is 5.91 Å². The first-order valence-corrected chi connectivity index (χ1v) is 11.6. The minimum Gasteiger partial charge on any atom is -0.508 e.